The minimum Gasteiger partial charge on any atom is -0.436 e. The largest absolute Gasteiger partial charge is 0.436 e. The number of oxazole rings is 1. The van der Waals surface area contributed by atoms with E-state index in [4.69, 9.17) is 9.40 Å². The van der Waals surface area contributed by atoms with Gasteiger partial charge in [-0.1, -0.05) is 305 Å². The zero-order valence-corrected chi connectivity index (χ0v) is 76.4. The van der Waals surface area contributed by atoms with E-state index in [2.05, 4.69) is 62.8 Å². The molecular weight excluding hydrogens is 1480 g/mol. The van der Waals surface area contributed by atoms with Crippen molar-refractivity contribution in [3.63, 3.8) is 0 Å². The standard InChI is InChI=1S/C103H167N7O9/c1-9-13-17-21-29-41-53-87-80(49-37-19-15-11-3)60-62-82(51-39-27-23-33-45-57-93(111)104-76-75-103(7,8)110-98(116)72-73-99(110)117)89(87)55-43-31-25-35-47-59-95(113)106-86-68-69-91-92(79-86)119-100(108-91)84-64-66-85(67-65-84)107-101(118)102(5,6)74-48-36-26-32-44-56-90-83(63-61-81(50-38-20-16-12-4)88(90)54-42-30-22-18-14-10-2)52-40-28-24-34-46-58-94(112)105-77-78-109-96(114)70-71-97(109)115/h64-73,79-83,87-90H,9-63,74-78H2,1-8H3,(H,104,111)(H,105,112)(H,106,113)(H,107,118). The second-order valence-corrected chi connectivity index (χ2v) is 38.3. The Morgan fingerprint density at radius 1 is 0.387 bits per heavy atom. The third-order valence-electron chi connectivity index (χ3n) is 27.9. The van der Waals surface area contributed by atoms with Gasteiger partial charge in [-0.3, -0.25) is 48.2 Å². The van der Waals surface area contributed by atoms with Gasteiger partial charge in [0.25, 0.3) is 23.6 Å². The van der Waals surface area contributed by atoms with Gasteiger partial charge in [0.15, 0.2) is 5.58 Å². The molecule has 119 heavy (non-hydrogen) atoms. The SMILES string of the molecule is CCCCCCCCC1C(CCCCCC)CCC(CCCCCCCC(=O)NCCC(C)(C)N2C(=O)C=CC2=O)C1CCCCCCCC(=O)Nc1ccc2nc(-c3ccc(NC(=O)C(C)(C)CCCCCCCC4C(CCCCCCCC(=O)NCCN5C(=O)C=CC5=O)CCC(CCCCCC)C4CCCCCCCC)cc3)oc2c1. The lowest BCUT2D eigenvalue weighted by Crippen LogP contribution is -2.49. The molecule has 3 aromatic rings. The second kappa shape index (κ2) is 57.1. The van der Waals surface area contributed by atoms with Crippen molar-refractivity contribution in [2.75, 3.05) is 30.3 Å². The fourth-order valence-electron chi connectivity index (χ4n) is 20.7. The molecule has 668 valence electrons. The number of unbranched alkanes of at least 4 members (excludes halogenated alkanes) is 32. The summed E-state index contributed by atoms with van der Waals surface area (Å²) in [5.41, 5.74) is 2.42. The maximum absolute atomic E-state index is 13.9. The van der Waals surface area contributed by atoms with Crippen LogP contribution in [0.5, 0.6) is 0 Å². The van der Waals surface area contributed by atoms with Gasteiger partial charge >= 0.3 is 0 Å². The molecule has 2 fully saturated rings. The lowest BCUT2D eigenvalue weighted by atomic mass is 9.61. The van der Waals surface area contributed by atoms with Crippen LogP contribution in [0.1, 0.15) is 421 Å². The van der Waals surface area contributed by atoms with E-state index in [0.29, 0.717) is 55.9 Å². The van der Waals surface area contributed by atoms with Gasteiger partial charge in [-0.25, -0.2) is 4.98 Å². The van der Waals surface area contributed by atoms with E-state index in [1.54, 1.807) is 0 Å². The number of hydrogen-bond acceptors (Lipinski definition) is 10. The predicted octanol–water partition coefficient (Wildman–Crippen LogP) is 26.5. The Hall–Kier alpha value is -6.45. The van der Waals surface area contributed by atoms with Crippen LogP contribution in [0, 0.1) is 52.8 Å². The van der Waals surface area contributed by atoms with Crippen LogP contribution in [0.4, 0.5) is 11.4 Å². The molecule has 0 spiro atoms. The fraction of sp³-hybridized carbons (Fsp3) is 0.757. The van der Waals surface area contributed by atoms with Gasteiger partial charge in [0.1, 0.15) is 5.52 Å². The highest BCUT2D eigenvalue weighted by molar-refractivity contribution is 6.14. The average Bonchev–Trinajstić information content (AvgIpc) is 1.52. The summed E-state index contributed by atoms with van der Waals surface area (Å²) in [4.78, 5) is 108. The molecule has 1 aromatic heterocycles. The molecule has 0 radical (unpaired) electrons. The van der Waals surface area contributed by atoms with Crippen LogP contribution in [0.25, 0.3) is 22.6 Å². The Morgan fingerprint density at radius 2 is 0.739 bits per heavy atom. The summed E-state index contributed by atoms with van der Waals surface area (Å²) < 4.78 is 6.31. The average molecular weight is 1650 g/mol. The zero-order chi connectivity index (χ0) is 85.3. The number of imide groups is 2. The van der Waals surface area contributed by atoms with Crippen LogP contribution >= 0.6 is 0 Å². The number of fused-ring (bicyclic) bond motifs is 1. The van der Waals surface area contributed by atoms with Crippen molar-refractivity contribution in [2.24, 2.45) is 52.8 Å². The molecule has 8 unspecified atom stereocenters. The van der Waals surface area contributed by atoms with Crippen molar-refractivity contribution in [1.29, 1.82) is 0 Å². The minimum atomic E-state index is -0.657. The molecule has 16 heteroatoms. The first-order chi connectivity index (χ1) is 57.7. The summed E-state index contributed by atoms with van der Waals surface area (Å²) in [5.74, 6) is 6.02. The molecule has 8 amide bonds. The molecule has 0 bridgehead atoms. The van der Waals surface area contributed by atoms with Gasteiger partial charge in [-0.15, -0.1) is 0 Å². The topological polar surface area (TPSA) is 217 Å². The van der Waals surface area contributed by atoms with Gasteiger partial charge in [0.2, 0.25) is 29.5 Å². The Morgan fingerprint density at radius 3 is 1.17 bits per heavy atom. The number of anilines is 2. The van der Waals surface area contributed by atoms with E-state index < -0.39 is 11.0 Å². The molecular formula is C103H167N7O9. The van der Waals surface area contributed by atoms with Crippen LogP contribution in [-0.4, -0.2) is 87.2 Å². The van der Waals surface area contributed by atoms with E-state index >= 15 is 0 Å². The molecule has 2 aromatic carbocycles. The van der Waals surface area contributed by atoms with E-state index in [1.165, 1.54) is 297 Å². The summed E-state index contributed by atoms with van der Waals surface area (Å²) in [7, 11) is 0. The van der Waals surface area contributed by atoms with Crippen molar-refractivity contribution in [3.8, 4) is 11.5 Å². The Labute approximate surface area is 722 Å². The minimum absolute atomic E-state index is 0.00728. The molecule has 2 saturated carbocycles. The van der Waals surface area contributed by atoms with Crippen LogP contribution < -0.4 is 21.3 Å². The van der Waals surface area contributed by atoms with Crippen LogP contribution in [0.2, 0.25) is 0 Å². The number of carbonyl (C=O) groups is 8. The summed E-state index contributed by atoms with van der Waals surface area (Å²) in [6, 6.07) is 13.4. The lowest BCUT2D eigenvalue weighted by molar-refractivity contribution is -0.143. The zero-order valence-electron chi connectivity index (χ0n) is 76.4. The quantitative estimate of drug-likeness (QED) is 0.0310. The fourth-order valence-corrected chi connectivity index (χ4v) is 20.7. The van der Waals surface area contributed by atoms with Crippen LogP contribution in [0.15, 0.2) is 71.2 Å². The highest BCUT2D eigenvalue weighted by atomic mass is 16.3. The third kappa shape index (κ3) is 36.9. The predicted molar refractivity (Wildman–Crippen MR) is 491 cm³/mol. The molecule has 2 aliphatic carbocycles. The summed E-state index contributed by atoms with van der Waals surface area (Å²) >= 11 is 0. The number of rotatable bonds is 67. The third-order valence-corrected chi connectivity index (χ3v) is 27.9. The maximum Gasteiger partial charge on any atom is 0.254 e. The molecule has 3 heterocycles. The molecule has 0 saturated heterocycles. The first kappa shape index (κ1) is 99.7. The molecule has 8 atom stereocenters. The number of carbonyl (C=O) groups excluding carboxylic acids is 8. The number of amides is 8. The number of nitrogens with zero attached hydrogens (tertiary/aromatic N) is 3. The molecule has 16 nitrogen and oxygen atoms in total. The van der Waals surface area contributed by atoms with Gasteiger partial charge in [0.05, 0.1) is 0 Å². The van der Waals surface area contributed by atoms with Gasteiger partial charge < -0.3 is 25.7 Å². The van der Waals surface area contributed by atoms with Crippen LogP contribution in [0.3, 0.4) is 0 Å². The summed E-state index contributed by atoms with van der Waals surface area (Å²) in [6.07, 6.45) is 74.2. The molecule has 2 aliphatic heterocycles. The van der Waals surface area contributed by atoms with Gasteiger partial charge in [-0.05, 0) is 181 Å². The van der Waals surface area contributed by atoms with Crippen molar-refractivity contribution in [1.82, 2.24) is 25.4 Å². The lowest BCUT2D eigenvalue weighted by Gasteiger charge is -2.44. The number of hydrogen-bond donors (Lipinski definition) is 4. The highest BCUT2D eigenvalue weighted by Crippen LogP contribution is 2.50. The Balaban J connectivity index is 0.804. The molecule has 4 N–H and O–H groups in total. The van der Waals surface area contributed by atoms with E-state index in [1.807, 2.05) is 56.3 Å². The first-order valence-corrected chi connectivity index (χ1v) is 49.5. The Kier molecular flexibility index (Phi) is 47.8. The monoisotopic (exact) mass is 1650 g/mol. The van der Waals surface area contributed by atoms with Crippen molar-refractivity contribution < 1.29 is 42.8 Å². The maximum atomic E-state index is 13.9. The Bertz CT molecular complexity index is 3450. The highest BCUT2D eigenvalue weighted by Gasteiger charge is 2.41. The second-order valence-electron chi connectivity index (χ2n) is 38.3. The number of aromatic nitrogens is 1. The van der Waals surface area contributed by atoms with E-state index in [-0.39, 0.29) is 53.8 Å². The number of benzene rings is 2. The van der Waals surface area contributed by atoms with Gasteiger partial charge in [-0.2, -0.15) is 0 Å². The van der Waals surface area contributed by atoms with Crippen molar-refractivity contribution in [2.45, 2.75) is 427 Å². The summed E-state index contributed by atoms with van der Waals surface area (Å²) in [6.45, 7) is 18.1. The molecule has 7 rings (SSSR count). The normalized spacial score (nSPS) is 19.6. The van der Waals surface area contributed by atoms with Crippen LogP contribution in [-0.2, 0) is 38.4 Å². The first-order valence-electron chi connectivity index (χ1n) is 49.5. The number of nitrogens with one attached hydrogen (secondary N) is 4. The van der Waals surface area contributed by atoms with E-state index in [0.717, 1.165) is 141 Å². The van der Waals surface area contributed by atoms with Crippen molar-refractivity contribution in [3.05, 3.63) is 66.8 Å². The van der Waals surface area contributed by atoms with Gasteiger partial charge in [0, 0.05) is 97.2 Å². The van der Waals surface area contributed by atoms with Crippen molar-refractivity contribution >= 4 is 69.7 Å². The molecule has 4 aliphatic rings. The summed E-state index contributed by atoms with van der Waals surface area (Å²) in [5, 5.41) is 12.3. The van der Waals surface area contributed by atoms with E-state index in [9.17, 15) is 38.4 Å². The smallest absolute Gasteiger partial charge is 0.254 e.